The van der Waals surface area contributed by atoms with Crippen LogP contribution in [0.4, 0.5) is 0 Å². The summed E-state index contributed by atoms with van der Waals surface area (Å²) in [6, 6.07) is 3.04. The first-order valence-electron chi connectivity index (χ1n) is 8.18. The molecular formula is C16H22N2O6S. The fourth-order valence-electron chi connectivity index (χ4n) is 3.25. The van der Waals surface area contributed by atoms with Crippen LogP contribution in [-0.4, -0.2) is 56.4 Å². The van der Waals surface area contributed by atoms with Crippen molar-refractivity contribution >= 4 is 16.0 Å². The van der Waals surface area contributed by atoms with Gasteiger partial charge in [-0.25, -0.2) is 13.1 Å². The molecule has 0 spiro atoms. The lowest BCUT2D eigenvalue weighted by Gasteiger charge is -2.42. The molecule has 1 aromatic rings. The smallest absolute Gasteiger partial charge is 0.317 e. The minimum absolute atomic E-state index is 0.0259. The van der Waals surface area contributed by atoms with Crippen molar-refractivity contribution in [2.75, 3.05) is 19.9 Å². The molecule has 25 heavy (non-hydrogen) atoms. The van der Waals surface area contributed by atoms with Gasteiger partial charge in [-0.15, -0.1) is 0 Å². The van der Waals surface area contributed by atoms with Gasteiger partial charge in [-0.2, -0.15) is 0 Å². The van der Waals surface area contributed by atoms with Crippen molar-refractivity contribution in [2.24, 2.45) is 0 Å². The van der Waals surface area contributed by atoms with Gasteiger partial charge < -0.3 is 14.6 Å². The highest BCUT2D eigenvalue weighted by Crippen LogP contribution is 2.36. The fraction of sp³-hybridized carbons (Fsp3) is 0.562. The van der Waals surface area contributed by atoms with Crippen molar-refractivity contribution in [1.29, 1.82) is 0 Å². The van der Waals surface area contributed by atoms with Gasteiger partial charge in [0.1, 0.15) is 0 Å². The Morgan fingerprint density at radius 3 is 2.56 bits per heavy atom. The van der Waals surface area contributed by atoms with Crippen LogP contribution in [-0.2, 0) is 14.8 Å². The van der Waals surface area contributed by atoms with Gasteiger partial charge >= 0.3 is 5.97 Å². The maximum absolute atomic E-state index is 12.7. The predicted octanol–water partition coefficient (Wildman–Crippen LogP) is 0.940. The maximum Gasteiger partial charge on any atom is 0.317 e. The molecule has 138 valence electrons. The molecule has 0 unspecified atom stereocenters. The Hall–Kier alpha value is -1.84. The third-order valence-electron chi connectivity index (χ3n) is 4.66. The van der Waals surface area contributed by atoms with Crippen LogP contribution in [0.3, 0.4) is 0 Å². The van der Waals surface area contributed by atoms with Crippen LogP contribution in [0.15, 0.2) is 17.0 Å². The van der Waals surface area contributed by atoms with E-state index in [1.165, 1.54) is 6.07 Å². The van der Waals surface area contributed by atoms with Gasteiger partial charge in [0.2, 0.25) is 16.8 Å². The Balaban J connectivity index is 1.65. The molecule has 1 aromatic carbocycles. The van der Waals surface area contributed by atoms with Crippen LogP contribution >= 0.6 is 0 Å². The second-order valence-electron chi connectivity index (χ2n) is 6.37. The van der Waals surface area contributed by atoms with Crippen molar-refractivity contribution in [3.8, 4) is 11.5 Å². The highest BCUT2D eigenvalue weighted by atomic mass is 32.2. The molecule has 2 aliphatic rings. The average molecular weight is 370 g/mol. The summed E-state index contributed by atoms with van der Waals surface area (Å²) in [5.41, 5.74) is 0.591. The van der Waals surface area contributed by atoms with Crippen LogP contribution < -0.4 is 14.2 Å². The third kappa shape index (κ3) is 3.73. The topological polar surface area (TPSA) is 105 Å². The van der Waals surface area contributed by atoms with E-state index >= 15 is 0 Å². The molecule has 0 bridgehead atoms. The quantitative estimate of drug-likeness (QED) is 0.736. The van der Waals surface area contributed by atoms with Crippen LogP contribution in [0, 0.1) is 6.92 Å². The van der Waals surface area contributed by atoms with Crippen LogP contribution in [0.2, 0.25) is 0 Å². The molecule has 8 nitrogen and oxygen atoms in total. The van der Waals surface area contributed by atoms with E-state index in [0.29, 0.717) is 36.4 Å². The Morgan fingerprint density at radius 2 is 1.96 bits per heavy atom. The molecule has 1 aliphatic carbocycles. The van der Waals surface area contributed by atoms with E-state index in [1.807, 2.05) is 11.8 Å². The van der Waals surface area contributed by atoms with E-state index in [9.17, 15) is 13.2 Å². The number of carboxylic acids is 1. The largest absolute Gasteiger partial charge is 0.480 e. The summed E-state index contributed by atoms with van der Waals surface area (Å²) in [7, 11) is -3.67. The molecule has 0 amide bonds. The van der Waals surface area contributed by atoms with Gasteiger partial charge in [0.15, 0.2) is 11.5 Å². The second-order valence-corrected chi connectivity index (χ2v) is 8.05. The van der Waals surface area contributed by atoms with Crippen molar-refractivity contribution in [3.63, 3.8) is 0 Å². The Kier molecular flexibility index (Phi) is 4.90. The summed E-state index contributed by atoms with van der Waals surface area (Å²) < 4.78 is 38.5. The van der Waals surface area contributed by atoms with Crippen LogP contribution in [0.25, 0.3) is 0 Å². The van der Waals surface area contributed by atoms with E-state index in [0.717, 1.165) is 0 Å². The third-order valence-corrected chi connectivity index (χ3v) is 6.32. The van der Waals surface area contributed by atoms with Gasteiger partial charge in [0.05, 0.1) is 11.4 Å². The summed E-state index contributed by atoms with van der Waals surface area (Å²) in [6.07, 6.45) is 1.20. The minimum Gasteiger partial charge on any atom is -0.480 e. The molecule has 0 aromatic heterocycles. The highest BCUT2D eigenvalue weighted by Gasteiger charge is 2.37. The molecule has 1 fully saturated rings. The summed E-state index contributed by atoms with van der Waals surface area (Å²) in [4.78, 5) is 12.9. The summed E-state index contributed by atoms with van der Waals surface area (Å²) in [6.45, 7) is 4.30. The minimum atomic E-state index is -3.67. The zero-order valence-electron chi connectivity index (χ0n) is 14.2. The van der Waals surface area contributed by atoms with Crippen molar-refractivity contribution in [2.45, 2.75) is 43.7 Å². The molecule has 0 radical (unpaired) electrons. The average Bonchev–Trinajstić information content (AvgIpc) is 2.94. The SMILES string of the molecule is CCN(CC(=O)O)C1CC(NS(=O)(=O)c2cc3c(cc2C)OCO3)C1. The van der Waals surface area contributed by atoms with Crippen LogP contribution in [0.5, 0.6) is 11.5 Å². The molecular weight excluding hydrogens is 348 g/mol. The van der Waals surface area contributed by atoms with E-state index in [1.54, 1.807) is 13.0 Å². The van der Waals surface area contributed by atoms with E-state index in [-0.39, 0.29) is 30.3 Å². The zero-order chi connectivity index (χ0) is 18.2. The van der Waals surface area contributed by atoms with Crippen molar-refractivity contribution in [1.82, 2.24) is 9.62 Å². The molecule has 1 saturated carbocycles. The first-order valence-corrected chi connectivity index (χ1v) is 9.67. The Bertz CT molecular complexity index is 773. The monoisotopic (exact) mass is 370 g/mol. The lowest BCUT2D eigenvalue weighted by molar-refractivity contribution is -0.139. The van der Waals surface area contributed by atoms with E-state index < -0.39 is 16.0 Å². The fourth-order valence-corrected chi connectivity index (χ4v) is 4.76. The Morgan fingerprint density at radius 1 is 1.32 bits per heavy atom. The molecule has 3 rings (SSSR count). The van der Waals surface area contributed by atoms with Gasteiger partial charge in [-0.1, -0.05) is 6.92 Å². The van der Waals surface area contributed by atoms with Crippen LogP contribution in [0.1, 0.15) is 25.3 Å². The first kappa shape index (κ1) is 18.0. The molecule has 0 saturated heterocycles. The van der Waals surface area contributed by atoms with E-state index in [2.05, 4.69) is 4.72 Å². The maximum atomic E-state index is 12.7. The van der Waals surface area contributed by atoms with Crippen molar-refractivity contribution in [3.05, 3.63) is 17.7 Å². The Labute approximate surface area is 146 Å². The van der Waals surface area contributed by atoms with Gasteiger partial charge in [0.25, 0.3) is 0 Å². The first-order chi connectivity index (χ1) is 11.8. The van der Waals surface area contributed by atoms with Gasteiger partial charge in [-0.3, -0.25) is 9.69 Å². The molecule has 9 heteroatoms. The number of aliphatic carboxylic acids is 1. The molecule has 1 heterocycles. The number of sulfonamides is 1. The number of nitrogens with zero attached hydrogens (tertiary/aromatic N) is 1. The normalized spacial score (nSPS) is 22.0. The summed E-state index contributed by atoms with van der Waals surface area (Å²) in [5.74, 6) is 0.102. The molecule has 1 aliphatic heterocycles. The predicted molar refractivity (Wildman–Crippen MR) is 89.3 cm³/mol. The standard InChI is InChI=1S/C16H22N2O6S/c1-3-18(8-16(19)20)12-5-11(6-12)17-25(21,22)15-7-14-13(4-10(15)2)23-9-24-14/h4,7,11-12,17H,3,5-6,8-9H2,1-2H3,(H,19,20). The highest BCUT2D eigenvalue weighted by molar-refractivity contribution is 7.89. The molecule has 2 N–H and O–H groups in total. The number of aryl methyl sites for hydroxylation is 1. The molecule has 0 atom stereocenters. The summed E-state index contributed by atoms with van der Waals surface area (Å²) >= 11 is 0. The van der Waals surface area contributed by atoms with Crippen molar-refractivity contribution < 1.29 is 27.8 Å². The number of benzene rings is 1. The van der Waals surface area contributed by atoms with Gasteiger partial charge in [-0.05, 0) is 37.9 Å². The second kappa shape index (κ2) is 6.81. The number of fused-ring (bicyclic) bond motifs is 1. The zero-order valence-corrected chi connectivity index (χ0v) is 15.0. The lowest BCUT2D eigenvalue weighted by Crippen LogP contribution is -2.54. The number of carboxylic acid groups (broad SMARTS) is 1. The van der Waals surface area contributed by atoms with Gasteiger partial charge in [0, 0.05) is 18.2 Å². The number of rotatable bonds is 7. The number of nitrogens with one attached hydrogen (secondary N) is 1. The number of ether oxygens (including phenoxy) is 2. The number of carbonyl (C=O) groups is 1. The summed E-state index contributed by atoms with van der Waals surface area (Å²) in [5, 5.41) is 8.92. The number of likely N-dealkylation sites (N-methyl/N-ethyl adjacent to an activating group) is 1. The number of hydrogen-bond donors (Lipinski definition) is 2. The lowest BCUT2D eigenvalue weighted by atomic mass is 9.86. The van der Waals surface area contributed by atoms with E-state index in [4.69, 9.17) is 14.6 Å². The number of hydrogen-bond acceptors (Lipinski definition) is 6.